The van der Waals surface area contributed by atoms with E-state index in [1.807, 2.05) is 36.4 Å². The van der Waals surface area contributed by atoms with Crippen LogP contribution in [0, 0.1) is 0 Å². The van der Waals surface area contributed by atoms with Crippen molar-refractivity contribution in [1.29, 1.82) is 0 Å². The first kappa shape index (κ1) is 16.4. The zero-order valence-electron chi connectivity index (χ0n) is 14.8. The third-order valence-corrected chi connectivity index (χ3v) is 5.30. The molecule has 1 aromatic carbocycles. The first-order chi connectivity index (χ1) is 13.3. The molecule has 1 saturated heterocycles. The number of nitrogens with zero attached hydrogens (tertiary/aromatic N) is 2. The van der Waals surface area contributed by atoms with E-state index in [2.05, 4.69) is 15.1 Å². The average Bonchev–Trinajstić information content (AvgIpc) is 3.42. The highest BCUT2D eigenvalue weighted by Gasteiger charge is 2.30. The molecule has 7 nitrogen and oxygen atoms in total. The number of piperidine rings is 1. The topological polar surface area (TPSA) is 83.8 Å². The molecule has 0 amide bonds. The molecule has 0 bridgehead atoms. The Morgan fingerprint density at radius 2 is 2.07 bits per heavy atom. The molecule has 2 aromatic heterocycles. The molecule has 2 aliphatic rings. The van der Waals surface area contributed by atoms with Crippen molar-refractivity contribution in [2.24, 2.45) is 0 Å². The minimum Gasteiger partial charge on any atom is -0.458 e. The van der Waals surface area contributed by atoms with Crippen molar-refractivity contribution in [1.82, 2.24) is 15.1 Å². The molecule has 1 fully saturated rings. The van der Waals surface area contributed by atoms with Crippen molar-refractivity contribution in [3.8, 4) is 23.0 Å². The summed E-state index contributed by atoms with van der Waals surface area (Å²) in [7, 11) is 0. The number of H-pyrrole nitrogens is 1. The Morgan fingerprint density at radius 1 is 1.15 bits per heavy atom. The van der Waals surface area contributed by atoms with E-state index in [0.717, 1.165) is 47.2 Å². The lowest BCUT2D eigenvalue weighted by Gasteiger charge is -2.35. The summed E-state index contributed by atoms with van der Waals surface area (Å²) in [6.07, 6.45) is 2.16. The second-order valence-corrected chi connectivity index (χ2v) is 7.05. The molecule has 2 atom stereocenters. The van der Waals surface area contributed by atoms with Crippen LogP contribution >= 0.6 is 0 Å². The molecule has 0 aliphatic carbocycles. The van der Waals surface area contributed by atoms with Gasteiger partial charge in [0.1, 0.15) is 11.5 Å². The summed E-state index contributed by atoms with van der Waals surface area (Å²) in [6, 6.07) is 11.8. The Kier molecular flexibility index (Phi) is 4.10. The molecule has 3 aromatic rings. The van der Waals surface area contributed by atoms with E-state index in [1.165, 1.54) is 0 Å². The molecular weight excluding hydrogens is 346 g/mol. The van der Waals surface area contributed by atoms with E-state index in [1.54, 1.807) is 6.20 Å². The van der Waals surface area contributed by atoms with Gasteiger partial charge in [-0.15, -0.1) is 0 Å². The summed E-state index contributed by atoms with van der Waals surface area (Å²) in [4.78, 5) is 2.23. The number of hydrogen-bond donors (Lipinski definition) is 2. The number of nitrogens with one attached hydrogen (secondary N) is 1. The van der Waals surface area contributed by atoms with Gasteiger partial charge in [0.15, 0.2) is 17.3 Å². The maximum Gasteiger partial charge on any atom is 0.231 e. The number of likely N-dealkylation sites (tertiary alicyclic amines) is 1. The van der Waals surface area contributed by atoms with Gasteiger partial charge in [0.2, 0.25) is 6.79 Å². The molecule has 0 spiro atoms. The number of β-amino-alcohol motifs (C(OH)–C–C–N with tert-alkyl or cyclic N) is 1. The summed E-state index contributed by atoms with van der Waals surface area (Å²) in [5.74, 6) is 3.31. The Morgan fingerprint density at radius 3 is 2.93 bits per heavy atom. The largest absolute Gasteiger partial charge is 0.458 e. The van der Waals surface area contributed by atoms with Gasteiger partial charge in [0, 0.05) is 18.7 Å². The highest BCUT2D eigenvalue weighted by atomic mass is 16.7. The van der Waals surface area contributed by atoms with Crippen molar-refractivity contribution in [3.63, 3.8) is 0 Å². The minimum absolute atomic E-state index is 0.105. The average molecular weight is 367 g/mol. The molecule has 4 heterocycles. The quantitative estimate of drug-likeness (QED) is 0.738. The Hall–Kier alpha value is -2.77. The van der Waals surface area contributed by atoms with Crippen LogP contribution < -0.4 is 9.47 Å². The zero-order chi connectivity index (χ0) is 18.2. The van der Waals surface area contributed by atoms with Crippen molar-refractivity contribution >= 4 is 0 Å². The van der Waals surface area contributed by atoms with E-state index in [9.17, 15) is 5.11 Å². The number of furan rings is 1. The fraction of sp³-hybridized carbons (Fsp3) is 0.350. The van der Waals surface area contributed by atoms with Gasteiger partial charge in [-0.05, 0) is 48.9 Å². The summed E-state index contributed by atoms with van der Waals surface area (Å²) in [5.41, 5.74) is 1.97. The second-order valence-electron chi connectivity index (χ2n) is 7.05. The van der Waals surface area contributed by atoms with Gasteiger partial charge in [0.05, 0.1) is 12.6 Å². The van der Waals surface area contributed by atoms with E-state index < -0.39 is 6.10 Å². The molecule has 2 aliphatic heterocycles. The van der Waals surface area contributed by atoms with Gasteiger partial charge < -0.3 is 19.0 Å². The van der Waals surface area contributed by atoms with Crippen LogP contribution in [0.3, 0.4) is 0 Å². The normalized spacial score (nSPS) is 22.3. The van der Waals surface area contributed by atoms with Gasteiger partial charge in [-0.1, -0.05) is 6.07 Å². The molecule has 0 saturated carbocycles. The van der Waals surface area contributed by atoms with Crippen LogP contribution in [0.5, 0.6) is 11.5 Å². The van der Waals surface area contributed by atoms with E-state index in [-0.39, 0.29) is 12.7 Å². The summed E-state index contributed by atoms with van der Waals surface area (Å²) in [5, 5.41) is 17.6. The van der Waals surface area contributed by atoms with Gasteiger partial charge in [-0.2, -0.15) is 5.10 Å². The highest BCUT2D eigenvalue weighted by Crippen LogP contribution is 2.37. The fourth-order valence-electron chi connectivity index (χ4n) is 3.89. The van der Waals surface area contributed by atoms with Crippen molar-refractivity contribution in [2.75, 3.05) is 19.9 Å². The third-order valence-electron chi connectivity index (χ3n) is 5.30. The fourth-order valence-corrected chi connectivity index (χ4v) is 3.89. The Bertz CT molecular complexity index is 921. The molecular formula is C20H21N3O4. The van der Waals surface area contributed by atoms with E-state index >= 15 is 0 Å². The number of aliphatic hydroxyl groups is 1. The van der Waals surface area contributed by atoms with Gasteiger partial charge in [0.25, 0.3) is 0 Å². The van der Waals surface area contributed by atoms with Crippen LogP contribution in [0.2, 0.25) is 0 Å². The number of aromatic nitrogens is 2. The van der Waals surface area contributed by atoms with Crippen LogP contribution in [-0.4, -0.2) is 46.2 Å². The van der Waals surface area contributed by atoms with Crippen LogP contribution in [0.25, 0.3) is 11.5 Å². The summed E-state index contributed by atoms with van der Waals surface area (Å²) in [6.45, 7) is 2.46. The maximum atomic E-state index is 10.7. The Balaban J connectivity index is 1.24. The lowest BCUT2D eigenvalue weighted by molar-refractivity contribution is 0.0447. The number of aromatic amines is 1. The van der Waals surface area contributed by atoms with Crippen LogP contribution in [-0.2, 0) is 6.54 Å². The third kappa shape index (κ3) is 3.20. The molecule has 27 heavy (non-hydrogen) atoms. The highest BCUT2D eigenvalue weighted by molar-refractivity contribution is 5.51. The molecule has 0 radical (unpaired) electrons. The predicted octanol–water partition coefficient (Wildman–Crippen LogP) is 2.75. The SMILES string of the molecule is O[C@@H]1CN(Cc2ccc(-c3ccn[nH]3)o2)CC[C@H]1c1ccc2c(c1)OCO2. The Labute approximate surface area is 156 Å². The number of aliphatic hydroxyl groups excluding tert-OH is 1. The van der Waals surface area contributed by atoms with Crippen LogP contribution in [0.4, 0.5) is 0 Å². The first-order valence-corrected chi connectivity index (χ1v) is 9.15. The van der Waals surface area contributed by atoms with E-state index in [0.29, 0.717) is 13.1 Å². The number of rotatable bonds is 4. The summed E-state index contributed by atoms with van der Waals surface area (Å²) < 4.78 is 16.7. The van der Waals surface area contributed by atoms with Crippen LogP contribution in [0.1, 0.15) is 23.7 Å². The zero-order valence-corrected chi connectivity index (χ0v) is 14.8. The van der Waals surface area contributed by atoms with Gasteiger partial charge >= 0.3 is 0 Å². The lowest BCUT2D eigenvalue weighted by atomic mass is 9.87. The minimum atomic E-state index is -0.429. The number of hydrogen-bond acceptors (Lipinski definition) is 6. The number of benzene rings is 1. The van der Waals surface area contributed by atoms with Crippen molar-refractivity contribution in [2.45, 2.75) is 25.0 Å². The predicted molar refractivity (Wildman–Crippen MR) is 97.5 cm³/mol. The smallest absolute Gasteiger partial charge is 0.231 e. The first-order valence-electron chi connectivity index (χ1n) is 9.15. The van der Waals surface area contributed by atoms with Crippen molar-refractivity contribution in [3.05, 3.63) is 53.9 Å². The van der Waals surface area contributed by atoms with Crippen molar-refractivity contribution < 1.29 is 19.0 Å². The second kappa shape index (κ2) is 6.75. The van der Waals surface area contributed by atoms with E-state index in [4.69, 9.17) is 13.9 Å². The van der Waals surface area contributed by atoms with Gasteiger partial charge in [-0.25, -0.2) is 0 Å². The maximum absolute atomic E-state index is 10.7. The summed E-state index contributed by atoms with van der Waals surface area (Å²) >= 11 is 0. The molecule has 0 unspecified atom stereocenters. The number of fused-ring (bicyclic) bond motifs is 1. The molecule has 7 heteroatoms. The monoisotopic (exact) mass is 367 g/mol. The molecule has 2 N–H and O–H groups in total. The molecule has 140 valence electrons. The lowest BCUT2D eigenvalue weighted by Crippen LogP contribution is -2.42. The van der Waals surface area contributed by atoms with Crippen LogP contribution in [0.15, 0.2) is 47.0 Å². The number of ether oxygens (including phenoxy) is 2. The van der Waals surface area contributed by atoms with Gasteiger partial charge in [-0.3, -0.25) is 10.00 Å². The standard InChI is InChI=1S/C20H21N3O4/c24-17-11-23(10-14-2-4-18(27-14)16-5-7-21-22-16)8-6-15(17)13-1-3-19-20(9-13)26-12-25-19/h1-5,7,9,15,17,24H,6,8,10-12H2,(H,21,22)/t15-,17+/m0/s1. The molecule has 5 rings (SSSR count).